The van der Waals surface area contributed by atoms with Gasteiger partial charge in [-0.2, -0.15) is 18.4 Å². The predicted molar refractivity (Wildman–Crippen MR) is 130 cm³/mol. The number of nitriles is 1. The maximum atomic E-state index is 13.3. The van der Waals surface area contributed by atoms with E-state index < -0.39 is 17.6 Å². The summed E-state index contributed by atoms with van der Waals surface area (Å²) in [5, 5.41) is 21.0. The number of pyridine rings is 1. The molecular weight excluding hydrogens is 503 g/mol. The summed E-state index contributed by atoms with van der Waals surface area (Å²) in [6, 6.07) is 14.0. The highest BCUT2D eigenvalue weighted by molar-refractivity contribution is 7.15. The molecule has 1 N–H and O–H groups in total. The molecule has 5 rings (SSSR count). The molecule has 0 saturated heterocycles. The van der Waals surface area contributed by atoms with Crippen molar-refractivity contribution in [3.8, 4) is 22.9 Å². The van der Waals surface area contributed by atoms with Gasteiger partial charge in [-0.1, -0.05) is 23.5 Å². The average Bonchev–Trinajstić information content (AvgIpc) is 3.58. The van der Waals surface area contributed by atoms with Crippen molar-refractivity contribution < 1.29 is 22.7 Å². The summed E-state index contributed by atoms with van der Waals surface area (Å²) in [6.45, 7) is 0. The van der Waals surface area contributed by atoms with Crippen LogP contribution in [0.5, 0.6) is 5.75 Å². The number of carbonyl (C=O) groups excluding carboxylic acids is 1. The third-order valence-corrected chi connectivity index (χ3v) is 7.09. The van der Waals surface area contributed by atoms with Crippen LogP contribution in [0.2, 0.25) is 0 Å². The molecule has 1 aliphatic rings. The minimum Gasteiger partial charge on any atom is -0.496 e. The molecule has 0 spiro atoms. The van der Waals surface area contributed by atoms with Crippen LogP contribution >= 0.6 is 11.3 Å². The van der Waals surface area contributed by atoms with Crippen LogP contribution in [0.25, 0.3) is 11.1 Å². The van der Waals surface area contributed by atoms with Crippen molar-refractivity contribution in [3.63, 3.8) is 0 Å². The van der Waals surface area contributed by atoms with E-state index >= 15 is 0 Å². The van der Waals surface area contributed by atoms with Crippen LogP contribution in [0.1, 0.15) is 50.3 Å². The Balaban J connectivity index is 1.36. The van der Waals surface area contributed by atoms with Crippen LogP contribution in [-0.4, -0.2) is 28.2 Å². The Morgan fingerprint density at radius 1 is 1.11 bits per heavy atom. The molecule has 11 heteroatoms. The molecule has 1 fully saturated rings. The van der Waals surface area contributed by atoms with Crippen molar-refractivity contribution in [2.75, 3.05) is 12.4 Å². The lowest BCUT2D eigenvalue weighted by atomic mass is 9.98. The van der Waals surface area contributed by atoms with E-state index in [0.717, 1.165) is 29.1 Å². The third-order valence-electron chi connectivity index (χ3n) is 6.12. The standard InChI is InChI=1S/C26H18F3N5O2S/c1-36-22-7-6-16(26(27,28)29)10-19(22)21-13-31-9-8-17(21)23(35)32-25-34-33-24(37-25)20-11-18(20)15-4-2-14(12-30)3-5-15/h2-10,13,18,20H,11H2,1H3,(H,32,34,35). The summed E-state index contributed by atoms with van der Waals surface area (Å²) in [4.78, 5) is 17.1. The van der Waals surface area contributed by atoms with Gasteiger partial charge in [-0.05, 0) is 54.3 Å². The van der Waals surface area contributed by atoms with Gasteiger partial charge < -0.3 is 4.74 Å². The fourth-order valence-corrected chi connectivity index (χ4v) is 5.06. The van der Waals surface area contributed by atoms with Crippen LogP contribution in [0.3, 0.4) is 0 Å². The molecule has 2 aromatic heterocycles. The Morgan fingerprint density at radius 3 is 2.59 bits per heavy atom. The lowest BCUT2D eigenvalue weighted by Gasteiger charge is -2.15. The molecule has 0 aliphatic heterocycles. The normalized spacial score (nSPS) is 16.6. The lowest BCUT2D eigenvalue weighted by molar-refractivity contribution is -0.137. The van der Waals surface area contributed by atoms with Crippen LogP contribution < -0.4 is 10.1 Å². The number of hydrogen-bond acceptors (Lipinski definition) is 7. The predicted octanol–water partition coefficient (Wildman–Crippen LogP) is 6.02. The molecule has 2 heterocycles. The quantitative estimate of drug-likeness (QED) is 0.333. The zero-order valence-corrected chi connectivity index (χ0v) is 20.1. The molecule has 2 unspecified atom stereocenters. The molecular formula is C26H18F3N5O2S. The molecule has 37 heavy (non-hydrogen) atoms. The second-order valence-corrected chi connectivity index (χ2v) is 9.43. The monoisotopic (exact) mass is 521 g/mol. The highest BCUT2D eigenvalue weighted by Gasteiger charge is 2.42. The van der Waals surface area contributed by atoms with Crippen molar-refractivity contribution in [2.45, 2.75) is 24.4 Å². The Kier molecular flexibility index (Phi) is 6.35. The number of nitrogens with zero attached hydrogens (tertiary/aromatic N) is 4. The van der Waals surface area contributed by atoms with Crippen molar-refractivity contribution in [1.29, 1.82) is 5.26 Å². The van der Waals surface area contributed by atoms with E-state index in [-0.39, 0.29) is 39.4 Å². The molecule has 1 aliphatic carbocycles. The molecule has 2 aromatic carbocycles. The van der Waals surface area contributed by atoms with E-state index in [2.05, 4.69) is 26.6 Å². The zero-order chi connectivity index (χ0) is 26.2. The molecule has 2 atom stereocenters. The first-order chi connectivity index (χ1) is 17.8. The topological polar surface area (TPSA) is 101 Å². The van der Waals surface area contributed by atoms with E-state index in [1.165, 1.54) is 43.0 Å². The highest BCUT2D eigenvalue weighted by Crippen LogP contribution is 2.55. The molecule has 186 valence electrons. The largest absolute Gasteiger partial charge is 0.496 e. The fourth-order valence-electron chi connectivity index (χ4n) is 4.14. The summed E-state index contributed by atoms with van der Waals surface area (Å²) in [7, 11) is 1.34. The molecule has 4 aromatic rings. The van der Waals surface area contributed by atoms with E-state index in [9.17, 15) is 18.0 Å². The molecule has 0 radical (unpaired) electrons. The number of amides is 1. The maximum Gasteiger partial charge on any atom is 0.416 e. The van der Waals surface area contributed by atoms with Crippen molar-refractivity contribution in [3.05, 3.63) is 88.2 Å². The van der Waals surface area contributed by atoms with Gasteiger partial charge in [0.2, 0.25) is 5.13 Å². The first-order valence-corrected chi connectivity index (χ1v) is 11.9. The maximum absolute atomic E-state index is 13.3. The van der Waals surface area contributed by atoms with Crippen LogP contribution in [-0.2, 0) is 6.18 Å². The van der Waals surface area contributed by atoms with Crippen molar-refractivity contribution >= 4 is 22.4 Å². The van der Waals surface area contributed by atoms with Gasteiger partial charge in [0.1, 0.15) is 10.8 Å². The summed E-state index contributed by atoms with van der Waals surface area (Å²) in [5.74, 6) is 0.0567. The van der Waals surface area contributed by atoms with Gasteiger partial charge in [-0.15, -0.1) is 10.2 Å². The van der Waals surface area contributed by atoms with Gasteiger partial charge in [0.05, 0.1) is 29.9 Å². The number of ether oxygens (including phenoxy) is 1. The minimum absolute atomic E-state index is 0.0942. The van der Waals surface area contributed by atoms with Gasteiger partial charge in [0, 0.05) is 29.4 Å². The number of aromatic nitrogens is 3. The number of anilines is 1. The second kappa shape index (κ2) is 9.63. The number of benzene rings is 2. The third kappa shape index (κ3) is 5.01. The van der Waals surface area contributed by atoms with Gasteiger partial charge >= 0.3 is 6.18 Å². The van der Waals surface area contributed by atoms with Crippen LogP contribution in [0.4, 0.5) is 18.3 Å². The first kappa shape index (κ1) is 24.4. The smallest absolute Gasteiger partial charge is 0.416 e. The fraction of sp³-hybridized carbons (Fsp3) is 0.192. The van der Waals surface area contributed by atoms with Crippen molar-refractivity contribution in [2.24, 2.45) is 0 Å². The molecule has 1 saturated carbocycles. The lowest BCUT2D eigenvalue weighted by Crippen LogP contribution is -2.13. The van der Waals surface area contributed by atoms with E-state index in [1.807, 2.05) is 12.1 Å². The number of rotatable bonds is 6. The number of hydrogen-bond donors (Lipinski definition) is 1. The summed E-state index contributed by atoms with van der Waals surface area (Å²) < 4.78 is 45.3. The number of nitrogens with one attached hydrogen (secondary N) is 1. The summed E-state index contributed by atoms with van der Waals surface area (Å²) >= 11 is 1.25. The Hall–Kier alpha value is -4.30. The van der Waals surface area contributed by atoms with Crippen LogP contribution in [0.15, 0.2) is 60.9 Å². The van der Waals surface area contributed by atoms with Crippen molar-refractivity contribution in [1.82, 2.24) is 15.2 Å². The number of alkyl halides is 3. The van der Waals surface area contributed by atoms with Crippen LogP contribution in [0, 0.1) is 11.3 Å². The van der Waals surface area contributed by atoms with E-state index in [4.69, 9.17) is 10.00 Å². The average molecular weight is 522 g/mol. The summed E-state index contributed by atoms with van der Waals surface area (Å²) in [6.07, 6.45) is -0.966. The van der Waals surface area contributed by atoms with E-state index in [0.29, 0.717) is 5.56 Å². The van der Waals surface area contributed by atoms with Gasteiger partial charge in [0.15, 0.2) is 0 Å². The van der Waals surface area contributed by atoms with Gasteiger partial charge in [-0.3, -0.25) is 15.1 Å². The minimum atomic E-state index is -4.56. The SMILES string of the molecule is COc1ccc(C(F)(F)F)cc1-c1cnccc1C(=O)Nc1nnc(C2CC2c2ccc(C#N)cc2)s1. The highest BCUT2D eigenvalue weighted by atomic mass is 32.1. The Bertz CT molecular complexity index is 1510. The second-order valence-electron chi connectivity index (χ2n) is 8.42. The number of halogens is 3. The Morgan fingerprint density at radius 2 is 1.89 bits per heavy atom. The summed E-state index contributed by atoms with van der Waals surface area (Å²) in [5.41, 5.74) is 1.24. The van der Waals surface area contributed by atoms with Gasteiger partial charge in [-0.25, -0.2) is 0 Å². The first-order valence-electron chi connectivity index (χ1n) is 11.1. The number of methoxy groups -OCH3 is 1. The number of carbonyl (C=O) groups is 1. The van der Waals surface area contributed by atoms with E-state index in [1.54, 1.807) is 12.1 Å². The Labute approximate surface area is 213 Å². The molecule has 7 nitrogen and oxygen atoms in total. The van der Waals surface area contributed by atoms with Gasteiger partial charge in [0.25, 0.3) is 5.91 Å². The molecule has 1 amide bonds. The molecule has 0 bridgehead atoms. The zero-order valence-electron chi connectivity index (χ0n) is 19.3.